The van der Waals surface area contributed by atoms with Gasteiger partial charge in [0.15, 0.2) is 6.61 Å². The van der Waals surface area contributed by atoms with E-state index in [-0.39, 0.29) is 6.61 Å². The lowest BCUT2D eigenvalue weighted by molar-refractivity contribution is -0.119. The standard InChI is InChI=1S/C20H21N3O3S/c1-12-5-7-15(8-6-12)16-9-10-27-19(16)20(25)26-11-17(24)21-18-13(2)22-23(4)14(18)3/h5-10H,11H2,1-4H3,(H,21,24). The molecule has 7 heteroatoms. The molecular formula is C20H21N3O3S. The van der Waals surface area contributed by atoms with Crippen LogP contribution in [0.25, 0.3) is 11.1 Å². The van der Waals surface area contributed by atoms with Gasteiger partial charge in [-0.2, -0.15) is 5.10 Å². The van der Waals surface area contributed by atoms with Gasteiger partial charge in [-0.15, -0.1) is 11.3 Å². The van der Waals surface area contributed by atoms with Crippen molar-refractivity contribution < 1.29 is 14.3 Å². The lowest BCUT2D eigenvalue weighted by Crippen LogP contribution is -2.21. The van der Waals surface area contributed by atoms with E-state index in [0.29, 0.717) is 10.6 Å². The number of aromatic nitrogens is 2. The van der Waals surface area contributed by atoms with Crippen LogP contribution in [0.3, 0.4) is 0 Å². The number of hydrogen-bond acceptors (Lipinski definition) is 5. The predicted octanol–water partition coefficient (Wildman–Crippen LogP) is 3.87. The van der Waals surface area contributed by atoms with Crippen molar-refractivity contribution in [3.63, 3.8) is 0 Å². The van der Waals surface area contributed by atoms with Gasteiger partial charge in [-0.25, -0.2) is 4.79 Å². The highest BCUT2D eigenvalue weighted by atomic mass is 32.1. The molecule has 0 aliphatic rings. The van der Waals surface area contributed by atoms with Crippen molar-refractivity contribution in [2.24, 2.45) is 7.05 Å². The summed E-state index contributed by atoms with van der Waals surface area (Å²) in [5.41, 5.74) is 5.11. The topological polar surface area (TPSA) is 73.2 Å². The number of benzene rings is 1. The first kappa shape index (κ1) is 18.8. The van der Waals surface area contributed by atoms with Crippen molar-refractivity contribution in [2.75, 3.05) is 11.9 Å². The second-order valence-corrected chi connectivity index (χ2v) is 7.24. The summed E-state index contributed by atoms with van der Waals surface area (Å²) in [5.74, 6) is -0.897. The normalized spacial score (nSPS) is 10.7. The fourth-order valence-electron chi connectivity index (χ4n) is 2.75. The molecule has 2 aromatic heterocycles. The number of amides is 1. The van der Waals surface area contributed by atoms with E-state index in [1.807, 2.05) is 56.5 Å². The highest BCUT2D eigenvalue weighted by Gasteiger charge is 2.18. The van der Waals surface area contributed by atoms with Crippen LogP contribution < -0.4 is 5.32 Å². The molecule has 1 aromatic carbocycles. The van der Waals surface area contributed by atoms with Gasteiger partial charge in [0.2, 0.25) is 0 Å². The SMILES string of the molecule is Cc1ccc(-c2ccsc2C(=O)OCC(=O)Nc2c(C)nn(C)c2C)cc1. The summed E-state index contributed by atoms with van der Waals surface area (Å²) in [6.45, 7) is 5.34. The number of aryl methyl sites for hydroxylation is 3. The van der Waals surface area contributed by atoms with E-state index in [4.69, 9.17) is 4.74 Å². The minimum atomic E-state index is -0.504. The van der Waals surface area contributed by atoms with Crippen molar-refractivity contribution in [1.29, 1.82) is 0 Å². The van der Waals surface area contributed by atoms with Crippen LogP contribution in [0, 0.1) is 20.8 Å². The number of carbonyl (C=O) groups is 2. The van der Waals surface area contributed by atoms with E-state index < -0.39 is 11.9 Å². The fourth-order valence-corrected chi connectivity index (χ4v) is 3.56. The van der Waals surface area contributed by atoms with Gasteiger partial charge in [-0.05, 0) is 37.8 Å². The van der Waals surface area contributed by atoms with E-state index in [1.165, 1.54) is 11.3 Å². The van der Waals surface area contributed by atoms with Crippen molar-refractivity contribution in [2.45, 2.75) is 20.8 Å². The quantitative estimate of drug-likeness (QED) is 0.679. The van der Waals surface area contributed by atoms with Crippen LogP contribution >= 0.6 is 11.3 Å². The van der Waals surface area contributed by atoms with Crippen LogP contribution in [0.15, 0.2) is 35.7 Å². The molecule has 140 valence electrons. The highest BCUT2D eigenvalue weighted by Crippen LogP contribution is 2.29. The largest absolute Gasteiger partial charge is 0.451 e. The molecule has 0 unspecified atom stereocenters. The van der Waals surface area contributed by atoms with Crippen LogP contribution in [0.2, 0.25) is 0 Å². The van der Waals surface area contributed by atoms with Gasteiger partial charge in [0.1, 0.15) is 4.88 Å². The van der Waals surface area contributed by atoms with Crippen molar-refractivity contribution in [3.8, 4) is 11.1 Å². The second-order valence-electron chi connectivity index (χ2n) is 6.32. The second kappa shape index (κ2) is 7.75. The Hall–Kier alpha value is -2.93. The third-order valence-electron chi connectivity index (χ3n) is 4.32. The number of hydrogen-bond donors (Lipinski definition) is 1. The molecule has 0 saturated heterocycles. The first-order chi connectivity index (χ1) is 12.9. The Kier molecular flexibility index (Phi) is 5.41. The summed E-state index contributed by atoms with van der Waals surface area (Å²) in [6, 6.07) is 9.81. The molecule has 6 nitrogen and oxygen atoms in total. The minimum Gasteiger partial charge on any atom is -0.451 e. The summed E-state index contributed by atoms with van der Waals surface area (Å²) >= 11 is 1.30. The molecular weight excluding hydrogens is 362 g/mol. The summed E-state index contributed by atoms with van der Waals surface area (Å²) < 4.78 is 6.92. The molecule has 3 aromatic rings. The minimum absolute atomic E-state index is 0.349. The Morgan fingerprint density at radius 3 is 2.48 bits per heavy atom. The molecule has 3 rings (SSSR count). The molecule has 27 heavy (non-hydrogen) atoms. The molecule has 1 amide bonds. The fraction of sp³-hybridized carbons (Fsp3) is 0.250. The van der Waals surface area contributed by atoms with E-state index >= 15 is 0 Å². The number of thiophene rings is 1. The Balaban J connectivity index is 1.65. The molecule has 0 saturated carbocycles. The Labute approximate surface area is 161 Å². The average Bonchev–Trinajstić information content (AvgIpc) is 3.21. The maximum atomic E-state index is 12.5. The monoisotopic (exact) mass is 383 g/mol. The Morgan fingerprint density at radius 2 is 1.85 bits per heavy atom. The summed E-state index contributed by atoms with van der Waals surface area (Å²) in [4.78, 5) is 25.1. The van der Waals surface area contributed by atoms with Gasteiger partial charge in [-0.3, -0.25) is 9.48 Å². The number of anilines is 1. The molecule has 0 radical (unpaired) electrons. The van der Waals surface area contributed by atoms with Crippen LogP contribution in [0.5, 0.6) is 0 Å². The van der Waals surface area contributed by atoms with Gasteiger partial charge >= 0.3 is 5.97 Å². The zero-order chi connectivity index (χ0) is 19.6. The van der Waals surface area contributed by atoms with Gasteiger partial charge in [-0.1, -0.05) is 29.8 Å². The van der Waals surface area contributed by atoms with Crippen molar-refractivity contribution in [1.82, 2.24) is 9.78 Å². The van der Waals surface area contributed by atoms with Gasteiger partial charge < -0.3 is 10.1 Å². The van der Waals surface area contributed by atoms with Gasteiger partial charge in [0, 0.05) is 12.6 Å². The molecule has 0 spiro atoms. The van der Waals surface area contributed by atoms with E-state index in [9.17, 15) is 9.59 Å². The molecule has 1 N–H and O–H groups in total. The maximum Gasteiger partial charge on any atom is 0.349 e. The third-order valence-corrected chi connectivity index (χ3v) is 5.22. The Bertz CT molecular complexity index is 987. The van der Waals surface area contributed by atoms with Gasteiger partial charge in [0.05, 0.1) is 17.1 Å². The molecule has 0 bridgehead atoms. The van der Waals surface area contributed by atoms with Crippen molar-refractivity contribution in [3.05, 3.63) is 57.5 Å². The first-order valence-corrected chi connectivity index (χ1v) is 9.36. The highest BCUT2D eigenvalue weighted by molar-refractivity contribution is 7.12. The van der Waals surface area contributed by atoms with Crippen LogP contribution in [-0.2, 0) is 16.6 Å². The smallest absolute Gasteiger partial charge is 0.349 e. The van der Waals surface area contributed by atoms with Crippen molar-refractivity contribution >= 4 is 28.9 Å². The zero-order valence-corrected chi connectivity index (χ0v) is 16.5. The molecule has 0 fully saturated rings. The number of esters is 1. The number of nitrogens with one attached hydrogen (secondary N) is 1. The lowest BCUT2D eigenvalue weighted by atomic mass is 10.1. The van der Waals surface area contributed by atoms with Crippen LogP contribution in [0.4, 0.5) is 5.69 Å². The zero-order valence-electron chi connectivity index (χ0n) is 15.7. The van der Waals surface area contributed by atoms with Crippen LogP contribution in [-0.4, -0.2) is 28.3 Å². The van der Waals surface area contributed by atoms with E-state index in [0.717, 1.165) is 28.1 Å². The molecule has 0 aliphatic carbocycles. The van der Waals surface area contributed by atoms with E-state index in [1.54, 1.807) is 11.7 Å². The summed E-state index contributed by atoms with van der Waals surface area (Å²) in [6.07, 6.45) is 0. The number of ether oxygens (including phenoxy) is 1. The summed E-state index contributed by atoms with van der Waals surface area (Å²) in [7, 11) is 1.81. The van der Waals surface area contributed by atoms with Gasteiger partial charge in [0.25, 0.3) is 5.91 Å². The molecule has 2 heterocycles. The average molecular weight is 383 g/mol. The maximum absolute atomic E-state index is 12.5. The Morgan fingerprint density at radius 1 is 1.15 bits per heavy atom. The number of nitrogens with zero attached hydrogens (tertiary/aromatic N) is 2. The van der Waals surface area contributed by atoms with Crippen LogP contribution in [0.1, 0.15) is 26.6 Å². The molecule has 0 aliphatic heterocycles. The lowest BCUT2D eigenvalue weighted by Gasteiger charge is -2.08. The summed E-state index contributed by atoms with van der Waals surface area (Å²) in [5, 5.41) is 8.84. The van der Waals surface area contributed by atoms with E-state index in [2.05, 4.69) is 10.4 Å². The number of rotatable bonds is 5. The third kappa shape index (κ3) is 4.09. The number of carbonyl (C=O) groups excluding carboxylic acids is 2. The molecule has 0 atom stereocenters. The predicted molar refractivity (Wildman–Crippen MR) is 106 cm³/mol. The first-order valence-electron chi connectivity index (χ1n) is 8.48.